The largest absolute Gasteiger partial charge is 0.480 e. The number of rotatable bonds is 7. The topological polar surface area (TPSA) is 105 Å². The van der Waals surface area contributed by atoms with Gasteiger partial charge < -0.3 is 15.2 Å². The second kappa shape index (κ2) is 10.6. The molecule has 2 amide bonds. The Bertz CT molecular complexity index is 1290. The van der Waals surface area contributed by atoms with Crippen LogP contribution in [0, 0.1) is 11.8 Å². The van der Waals surface area contributed by atoms with E-state index in [9.17, 15) is 19.5 Å². The van der Waals surface area contributed by atoms with Crippen LogP contribution in [0.5, 0.6) is 0 Å². The van der Waals surface area contributed by atoms with Gasteiger partial charge >= 0.3 is 12.1 Å². The number of carboxylic acid groups (broad SMARTS) is 1. The zero-order chi connectivity index (χ0) is 24.8. The Morgan fingerprint density at radius 3 is 2.17 bits per heavy atom. The van der Waals surface area contributed by atoms with Gasteiger partial charge in [0.25, 0.3) is 5.91 Å². The summed E-state index contributed by atoms with van der Waals surface area (Å²) in [7, 11) is 0. The van der Waals surface area contributed by atoms with E-state index < -0.39 is 24.0 Å². The number of benzene rings is 3. The number of nitrogens with one attached hydrogen (secondary N) is 2. The minimum atomic E-state index is -1.19. The molecule has 7 nitrogen and oxygen atoms in total. The van der Waals surface area contributed by atoms with Crippen molar-refractivity contribution < 1.29 is 24.2 Å². The first-order valence-electron chi connectivity index (χ1n) is 11.1. The lowest BCUT2D eigenvalue weighted by Gasteiger charge is -2.16. The zero-order valence-corrected chi connectivity index (χ0v) is 19.1. The van der Waals surface area contributed by atoms with Crippen molar-refractivity contribution in [1.82, 2.24) is 5.32 Å². The summed E-state index contributed by atoms with van der Waals surface area (Å²) >= 11 is 0. The van der Waals surface area contributed by atoms with Crippen LogP contribution in [0.2, 0.25) is 0 Å². The molecule has 0 aliphatic heterocycles. The average Bonchev–Trinajstić information content (AvgIpc) is 3.19. The van der Waals surface area contributed by atoms with Gasteiger partial charge in [-0.1, -0.05) is 60.7 Å². The van der Waals surface area contributed by atoms with Crippen LogP contribution in [0.25, 0.3) is 11.1 Å². The van der Waals surface area contributed by atoms with Gasteiger partial charge in [-0.3, -0.25) is 10.1 Å². The molecule has 1 unspecified atom stereocenters. The van der Waals surface area contributed by atoms with E-state index in [2.05, 4.69) is 34.6 Å². The van der Waals surface area contributed by atoms with Crippen molar-refractivity contribution >= 4 is 23.7 Å². The summed E-state index contributed by atoms with van der Waals surface area (Å²) in [4.78, 5) is 36.9. The molecular formula is C28H24N2O5. The van der Waals surface area contributed by atoms with E-state index in [4.69, 9.17) is 4.74 Å². The van der Waals surface area contributed by atoms with Crippen molar-refractivity contribution in [3.63, 3.8) is 0 Å². The summed E-state index contributed by atoms with van der Waals surface area (Å²) in [5, 5.41) is 14.4. The molecule has 0 saturated carbocycles. The SMILES string of the molecule is CC#CCC(NC(=O)c1ccccc1NC(=O)OCC1c2ccccc2-c2ccccc21)C(=O)O. The molecule has 35 heavy (non-hydrogen) atoms. The number of ether oxygens (including phenoxy) is 1. The van der Waals surface area contributed by atoms with Crippen LogP contribution in [0.4, 0.5) is 10.5 Å². The summed E-state index contributed by atoms with van der Waals surface area (Å²) in [5.41, 5.74) is 4.77. The van der Waals surface area contributed by atoms with E-state index in [0.29, 0.717) is 0 Å². The maximum atomic E-state index is 12.8. The molecule has 176 valence electrons. The lowest BCUT2D eigenvalue weighted by atomic mass is 9.98. The van der Waals surface area contributed by atoms with Gasteiger partial charge in [-0.15, -0.1) is 11.8 Å². The van der Waals surface area contributed by atoms with Crippen molar-refractivity contribution in [2.75, 3.05) is 11.9 Å². The predicted molar refractivity (Wildman–Crippen MR) is 132 cm³/mol. The maximum absolute atomic E-state index is 12.8. The molecular weight excluding hydrogens is 444 g/mol. The van der Waals surface area contributed by atoms with Crippen LogP contribution in [-0.4, -0.2) is 35.7 Å². The van der Waals surface area contributed by atoms with Gasteiger partial charge in [-0.05, 0) is 41.3 Å². The Labute approximate surface area is 203 Å². The third kappa shape index (κ3) is 5.17. The van der Waals surface area contributed by atoms with Crippen molar-refractivity contribution in [3.05, 3.63) is 89.5 Å². The average molecular weight is 469 g/mol. The van der Waals surface area contributed by atoms with Crippen LogP contribution in [0.1, 0.15) is 40.7 Å². The molecule has 1 aliphatic carbocycles. The van der Waals surface area contributed by atoms with E-state index in [1.165, 1.54) is 6.07 Å². The van der Waals surface area contributed by atoms with Crippen LogP contribution >= 0.6 is 0 Å². The first-order valence-corrected chi connectivity index (χ1v) is 11.1. The standard InChI is InChI=1S/C28H24N2O5/c1-2-3-15-25(27(32)33)29-26(31)22-14-8-9-16-24(22)30-28(34)35-17-23-20-12-6-4-10-18(20)19-11-5-7-13-21(19)23/h4-14,16,23,25H,15,17H2,1H3,(H,29,31)(H,30,34)(H,32,33). The maximum Gasteiger partial charge on any atom is 0.411 e. The number of hydrogen-bond acceptors (Lipinski definition) is 4. The van der Waals surface area contributed by atoms with Gasteiger partial charge in [0, 0.05) is 12.3 Å². The van der Waals surface area contributed by atoms with Crippen molar-refractivity contribution in [1.29, 1.82) is 0 Å². The lowest BCUT2D eigenvalue weighted by Crippen LogP contribution is -2.40. The van der Waals surface area contributed by atoms with E-state index >= 15 is 0 Å². The molecule has 1 atom stereocenters. The number of amides is 2. The molecule has 0 radical (unpaired) electrons. The second-order valence-corrected chi connectivity index (χ2v) is 7.99. The Morgan fingerprint density at radius 2 is 1.54 bits per heavy atom. The minimum absolute atomic E-state index is 0.0282. The molecule has 0 fully saturated rings. The quantitative estimate of drug-likeness (QED) is 0.438. The normalized spacial score (nSPS) is 12.4. The number of para-hydroxylation sites is 1. The lowest BCUT2D eigenvalue weighted by molar-refractivity contribution is -0.139. The highest BCUT2D eigenvalue weighted by atomic mass is 16.5. The number of aliphatic carboxylic acids is 1. The molecule has 7 heteroatoms. The van der Waals surface area contributed by atoms with Crippen molar-refractivity contribution in [3.8, 4) is 23.0 Å². The molecule has 0 aromatic heterocycles. The highest BCUT2D eigenvalue weighted by Gasteiger charge is 2.29. The Morgan fingerprint density at radius 1 is 0.943 bits per heavy atom. The van der Waals surface area contributed by atoms with E-state index in [-0.39, 0.29) is 30.2 Å². The number of carbonyl (C=O) groups excluding carboxylic acids is 2. The highest BCUT2D eigenvalue weighted by Crippen LogP contribution is 2.44. The number of carbonyl (C=O) groups is 3. The predicted octanol–water partition coefficient (Wildman–Crippen LogP) is 4.64. The summed E-state index contributed by atoms with van der Waals surface area (Å²) in [6.07, 6.45) is -0.738. The molecule has 3 N–H and O–H groups in total. The highest BCUT2D eigenvalue weighted by molar-refractivity contribution is 6.03. The molecule has 1 aliphatic rings. The molecule has 3 aromatic carbocycles. The minimum Gasteiger partial charge on any atom is -0.480 e. The summed E-state index contributed by atoms with van der Waals surface area (Å²) < 4.78 is 5.56. The molecule has 0 bridgehead atoms. The molecule has 4 rings (SSSR count). The smallest absolute Gasteiger partial charge is 0.411 e. The van der Waals surface area contributed by atoms with Crippen molar-refractivity contribution in [2.45, 2.75) is 25.3 Å². The van der Waals surface area contributed by atoms with E-state index in [1.54, 1.807) is 25.1 Å². The fourth-order valence-corrected chi connectivity index (χ4v) is 4.17. The summed E-state index contributed by atoms with van der Waals surface area (Å²) in [6.45, 7) is 1.72. The fourth-order valence-electron chi connectivity index (χ4n) is 4.17. The first-order chi connectivity index (χ1) is 17.0. The second-order valence-electron chi connectivity index (χ2n) is 7.99. The number of anilines is 1. The fraction of sp³-hybridized carbons (Fsp3) is 0.179. The van der Waals surface area contributed by atoms with E-state index in [1.807, 2.05) is 36.4 Å². The van der Waals surface area contributed by atoms with Crippen LogP contribution < -0.4 is 10.6 Å². The Hall–Kier alpha value is -4.57. The van der Waals surface area contributed by atoms with Crippen molar-refractivity contribution in [2.24, 2.45) is 0 Å². The van der Waals surface area contributed by atoms with Gasteiger partial charge in [0.15, 0.2) is 0 Å². The van der Waals surface area contributed by atoms with Gasteiger partial charge in [0.2, 0.25) is 0 Å². The number of fused-ring (bicyclic) bond motifs is 3. The third-order valence-electron chi connectivity index (χ3n) is 5.84. The zero-order valence-electron chi connectivity index (χ0n) is 19.1. The number of hydrogen-bond donors (Lipinski definition) is 3. The molecule has 3 aromatic rings. The van der Waals surface area contributed by atoms with Crippen LogP contribution in [0.15, 0.2) is 72.8 Å². The third-order valence-corrected chi connectivity index (χ3v) is 5.84. The van der Waals surface area contributed by atoms with Crippen LogP contribution in [-0.2, 0) is 9.53 Å². The molecule has 0 saturated heterocycles. The van der Waals surface area contributed by atoms with Gasteiger partial charge in [0.1, 0.15) is 12.6 Å². The first kappa shape index (κ1) is 23.6. The van der Waals surface area contributed by atoms with Crippen LogP contribution in [0.3, 0.4) is 0 Å². The van der Waals surface area contributed by atoms with Gasteiger partial charge in [-0.2, -0.15) is 0 Å². The van der Waals surface area contributed by atoms with E-state index in [0.717, 1.165) is 22.3 Å². The molecule has 0 heterocycles. The Balaban J connectivity index is 1.45. The molecule has 0 spiro atoms. The summed E-state index contributed by atoms with van der Waals surface area (Å²) in [5.74, 6) is 3.35. The van der Waals surface area contributed by atoms with Gasteiger partial charge in [-0.25, -0.2) is 9.59 Å². The number of carboxylic acids is 1. The Kier molecular flexibility index (Phi) is 7.12. The summed E-state index contributed by atoms with van der Waals surface area (Å²) in [6, 6.07) is 21.2. The van der Waals surface area contributed by atoms with Gasteiger partial charge in [0.05, 0.1) is 11.3 Å². The monoisotopic (exact) mass is 468 g/mol.